The van der Waals surface area contributed by atoms with E-state index in [4.69, 9.17) is 22.0 Å². The Labute approximate surface area is 128 Å². The monoisotopic (exact) mass is 321 g/mol. The minimum atomic E-state index is -0.446. The summed E-state index contributed by atoms with van der Waals surface area (Å²) in [6, 6.07) is 3.17. The van der Waals surface area contributed by atoms with Crippen molar-refractivity contribution in [2.45, 2.75) is 13.5 Å². The number of carbonyl (C=O) groups is 1. The van der Waals surface area contributed by atoms with Gasteiger partial charge in [0.15, 0.2) is 20.8 Å². The van der Waals surface area contributed by atoms with E-state index in [1.54, 1.807) is 12.1 Å². The fourth-order valence-corrected chi connectivity index (χ4v) is 3.31. The van der Waals surface area contributed by atoms with Crippen LogP contribution >= 0.6 is 23.6 Å². The molecule has 7 nitrogen and oxygen atoms in total. The summed E-state index contributed by atoms with van der Waals surface area (Å²) < 4.78 is 9.40. The lowest BCUT2D eigenvalue weighted by atomic mass is 10.4. The Hall–Kier alpha value is -2.26. The summed E-state index contributed by atoms with van der Waals surface area (Å²) in [5, 5.41) is 8.17. The zero-order valence-corrected chi connectivity index (χ0v) is 12.6. The number of hydrogen-bond donors (Lipinski definition) is 2. The van der Waals surface area contributed by atoms with Crippen LogP contribution in [0.4, 0.5) is 0 Å². The number of nitrogens with one attached hydrogen (secondary N) is 2. The lowest BCUT2D eigenvalue weighted by Crippen LogP contribution is -2.33. The Morgan fingerprint density at radius 3 is 3.10 bits per heavy atom. The predicted molar refractivity (Wildman–Crippen MR) is 80.4 cm³/mol. The van der Waals surface area contributed by atoms with E-state index < -0.39 is 5.91 Å². The van der Waals surface area contributed by atoms with E-state index in [-0.39, 0.29) is 11.2 Å². The summed E-state index contributed by atoms with van der Waals surface area (Å²) in [5.41, 5.74) is 3.33. The summed E-state index contributed by atoms with van der Waals surface area (Å²) in [6.07, 6.45) is 2.80. The first kappa shape index (κ1) is 13.7. The van der Waals surface area contributed by atoms with Gasteiger partial charge >= 0.3 is 5.91 Å². The number of hydrogen-bond acceptors (Lipinski definition) is 6. The van der Waals surface area contributed by atoms with Crippen LogP contribution in [0.2, 0.25) is 0 Å². The first-order chi connectivity index (χ1) is 10.1. The van der Waals surface area contributed by atoms with Crippen molar-refractivity contribution in [3.05, 3.63) is 39.9 Å². The van der Waals surface area contributed by atoms with E-state index in [9.17, 15) is 4.79 Å². The van der Waals surface area contributed by atoms with Gasteiger partial charge in [-0.15, -0.1) is 0 Å². The third-order valence-electron chi connectivity index (χ3n) is 2.90. The lowest BCUT2D eigenvalue weighted by Gasteiger charge is -2.07. The van der Waals surface area contributed by atoms with E-state index in [1.807, 2.05) is 11.5 Å². The van der Waals surface area contributed by atoms with Gasteiger partial charge in [-0.05, 0) is 31.3 Å². The average molecular weight is 321 g/mol. The predicted octanol–water partition coefficient (Wildman–Crippen LogP) is 2.11. The molecule has 108 valence electrons. The van der Waals surface area contributed by atoms with Gasteiger partial charge in [0.1, 0.15) is 11.0 Å². The smallest absolute Gasteiger partial charge is 0.305 e. The molecule has 0 spiro atoms. The van der Waals surface area contributed by atoms with Crippen LogP contribution in [0.5, 0.6) is 0 Å². The fraction of sp³-hybridized carbons (Fsp3) is 0.167. The summed E-state index contributed by atoms with van der Waals surface area (Å²) in [7, 11) is 0. The van der Waals surface area contributed by atoms with Crippen LogP contribution in [0.25, 0.3) is 10.3 Å². The van der Waals surface area contributed by atoms with Gasteiger partial charge in [0, 0.05) is 6.54 Å². The van der Waals surface area contributed by atoms with Gasteiger partial charge in [0.2, 0.25) is 0 Å². The number of furan rings is 1. The normalized spacial score (nSPS) is 10.9. The van der Waals surface area contributed by atoms with Crippen molar-refractivity contribution in [3.63, 3.8) is 0 Å². The highest BCUT2D eigenvalue weighted by Gasteiger charge is 2.12. The zero-order chi connectivity index (χ0) is 15.0. The van der Waals surface area contributed by atoms with Crippen LogP contribution in [0.15, 0.2) is 29.1 Å². The van der Waals surface area contributed by atoms with Gasteiger partial charge in [-0.25, -0.2) is 9.66 Å². The highest BCUT2D eigenvalue weighted by Crippen LogP contribution is 2.17. The minimum absolute atomic E-state index is 0.128. The SMILES string of the molecule is CCn1c(=S)sc2c(=N)n(NC(=O)c3ccco3)cnc21. The molecular formula is C12H11N5O2S2. The topological polar surface area (TPSA) is 88.8 Å². The van der Waals surface area contributed by atoms with E-state index in [0.29, 0.717) is 20.8 Å². The second kappa shape index (κ2) is 5.26. The number of aryl methyl sites for hydroxylation is 1. The maximum atomic E-state index is 11.9. The van der Waals surface area contributed by atoms with Gasteiger partial charge in [-0.1, -0.05) is 11.3 Å². The molecule has 0 atom stereocenters. The molecule has 9 heteroatoms. The minimum Gasteiger partial charge on any atom is -0.459 e. The van der Waals surface area contributed by atoms with E-state index in [2.05, 4.69) is 10.4 Å². The molecule has 0 aliphatic carbocycles. The van der Waals surface area contributed by atoms with Crippen LogP contribution in [0.3, 0.4) is 0 Å². The summed E-state index contributed by atoms with van der Waals surface area (Å²) >= 11 is 6.56. The molecule has 3 rings (SSSR count). The van der Waals surface area contributed by atoms with Crippen molar-refractivity contribution in [2.75, 3.05) is 5.43 Å². The van der Waals surface area contributed by atoms with Crippen LogP contribution in [0, 0.1) is 9.36 Å². The standard InChI is InChI=1S/C12H11N5O2S2/c1-2-16-10-8(21-12(16)20)9(13)17(6-14-10)15-11(18)7-4-3-5-19-7/h3-6,13H,2H2,1H3,(H,15,18). The molecule has 0 saturated carbocycles. The molecule has 0 fully saturated rings. The second-order valence-corrected chi connectivity index (χ2v) is 5.79. The third kappa shape index (κ3) is 2.30. The van der Waals surface area contributed by atoms with E-state index >= 15 is 0 Å². The van der Waals surface area contributed by atoms with Crippen LogP contribution in [-0.2, 0) is 6.54 Å². The molecule has 1 amide bonds. The molecule has 3 aromatic heterocycles. The zero-order valence-electron chi connectivity index (χ0n) is 11.0. The van der Waals surface area contributed by atoms with Crippen LogP contribution in [0.1, 0.15) is 17.5 Å². The van der Waals surface area contributed by atoms with Crippen molar-refractivity contribution in [1.82, 2.24) is 14.2 Å². The van der Waals surface area contributed by atoms with Crippen molar-refractivity contribution >= 4 is 39.8 Å². The Morgan fingerprint density at radius 2 is 2.43 bits per heavy atom. The van der Waals surface area contributed by atoms with Gasteiger partial charge in [0.25, 0.3) is 0 Å². The largest absolute Gasteiger partial charge is 0.459 e. The van der Waals surface area contributed by atoms with E-state index in [1.165, 1.54) is 28.6 Å². The molecule has 0 bridgehead atoms. The molecule has 3 heterocycles. The molecule has 3 aromatic rings. The van der Waals surface area contributed by atoms with Gasteiger partial charge in [-0.2, -0.15) is 0 Å². The first-order valence-electron chi connectivity index (χ1n) is 6.12. The number of rotatable bonds is 3. The quantitative estimate of drug-likeness (QED) is 0.723. The van der Waals surface area contributed by atoms with Crippen molar-refractivity contribution in [1.29, 1.82) is 5.41 Å². The Morgan fingerprint density at radius 1 is 1.62 bits per heavy atom. The Bertz CT molecular complexity index is 919. The molecule has 0 unspecified atom stereocenters. The molecule has 21 heavy (non-hydrogen) atoms. The van der Waals surface area contributed by atoms with Crippen LogP contribution < -0.4 is 10.9 Å². The maximum Gasteiger partial charge on any atom is 0.305 e. The number of carbonyl (C=O) groups excluding carboxylic acids is 1. The number of aromatic nitrogens is 3. The van der Waals surface area contributed by atoms with E-state index in [0.717, 1.165) is 0 Å². The fourth-order valence-electron chi connectivity index (χ4n) is 1.90. The lowest BCUT2D eigenvalue weighted by molar-refractivity contribution is 0.0980. The van der Waals surface area contributed by atoms with Gasteiger partial charge in [0.05, 0.1) is 6.26 Å². The summed E-state index contributed by atoms with van der Waals surface area (Å²) in [4.78, 5) is 16.2. The van der Waals surface area contributed by atoms with Crippen molar-refractivity contribution < 1.29 is 9.21 Å². The van der Waals surface area contributed by atoms with Crippen molar-refractivity contribution in [2.24, 2.45) is 0 Å². The number of nitrogens with zero attached hydrogens (tertiary/aromatic N) is 3. The van der Waals surface area contributed by atoms with Crippen LogP contribution in [-0.4, -0.2) is 20.1 Å². The van der Waals surface area contributed by atoms with Gasteiger partial charge in [-0.3, -0.25) is 15.6 Å². The third-order valence-corrected chi connectivity index (χ3v) is 4.35. The molecule has 0 aromatic carbocycles. The summed E-state index contributed by atoms with van der Waals surface area (Å²) in [5.74, 6) is -0.279. The average Bonchev–Trinajstić information content (AvgIpc) is 3.09. The molecule has 0 aliphatic rings. The molecule has 0 aliphatic heterocycles. The van der Waals surface area contributed by atoms with Crippen molar-refractivity contribution in [3.8, 4) is 0 Å². The summed E-state index contributed by atoms with van der Waals surface area (Å²) in [6.45, 7) is 2.65. The second-order valence-electron chi connectivity index (χ2n) is 4.15. The first-order valence-corrected chi connectivity index (χ1v) is 7.34. The number of fused-ring (bicyclic) bond motifs is 1. The highest BCUT2D eigenvalue weighted by molar-refractivity contribution is 7.73. The molecule has 0 saturated heterocycles. The number of thiazole rings is 1. The molecule has 2 N–H and O–H groups in total. The number of amides is 1. The molecule has 0 radical (unpaired) electrons. The molecular weight excluding hydrogens is 310 g/mol. The highest BCUT2D eigenvalue weighted by atomic mass is 32.1. The Kier molecular flexibility index (Phi) is 3.43. The van der Waals surface area contributed by atoms with Gasteiger partial charge < -0.3 is 8.98 Å². The Balaban J connectivity index is 2.05. The maximum absolute atomic E-state index is 11.9.